The summed E-state index contributed by atoms with van der Waals surface area (Å²) in [6, 6.07) is 7.07. The van der Waals surface area contributed by atoms with Crippen LogP contribution in [0.25, 0.3) is 0 Å². The fourth-order valence-electron chi connectivity index (χ4n) is 4.03. The highest BCUT2D eigenvalue weighted by Gasteiger charge is 2.38. The molecule has 1 heterocycles. The number of thioether (sulfide) groups is 1. The van der Waals surface area contributed by atoms with E-state index in [2.05, 4.69) is 27.0 Å². The highest BCUT2D eigenvalue weighted by Crippen LogP contribution is 2.42. The van der Waals surface area contributed by atoms with Crippen LogP contribution in [0.15, 0.2) is 34.2 Å². The Hall–Kier alpha value is -1.25. The Bertz CT molecular complexity index is 779. The van der Waals surface area contributed by atoms with E-state index in [1.807, 2.05) is 19.2 Å². The lowest BCUT2D eigenvalue weighted by Gasteiger charge is -2.45. The second kappa shape index (κ2) is 9.05. The van der Waals surface area contributed by atoms with Gasteiger partial charge in [0.1, 0.15) is 0 Å². The molecule has 8 heteroatoms. The zero-order chi connectivity index (χ0) is 20.2. The number of guanidine groups is 1. The van der Waals surface area contributed by atoms with Crippen molar-refractivity contribution < 1.29 is 8.42 Å². The first kappa shape index (κ1) is 21.5. The van der Waals surface area contributed by atoms with Gasteiger partial charge in [-0.05, 0) is 30.5 Å². The van der Waals surface area contributed by atoms with Gasteiger partial charge in [0, 0.05) is 51.3 Å². The lowest BCUT2D eigenvalue weighted by molar-refractivity contribution is 0.293. The van der Waals surface area contributed by atoms with Gasteiger partial charge in [-0.1, -0.05) is 31.4 Å². The van der Waals surface area contributed by atoms with Crippen LogP contribution in [0.3, 0.4) is 0 Å². The Morgan fingerprint density at radius 1 is 1.21 bits per heavy atom. The van der Waals surface area contributed by atoms with Crippen LogP contribution >= 0.6 is 11.8 Å². The highest BCUT2D eigenvalue weighted by molar-refractivity contribution is 8.00. The molecule has 2 fully saturated rings. The number of aliphatic imine (C=N–C) groups is 1. The van der Waals surface area contributed by atoms with Crippen molar-refractivity contribution in [1.29, 1.82) is 0 Å². The Kier molecular flexibility index (Phi) is 6.94. The van der Waals surface area contributed by atoms with Crippen LogP contribution in [-0.4, -0.2) is 68.3 Å². The van der Waals surface area contributed by atoms with E-state index >= 15 is 0 Å². The molecule has 0 bridgehead atoms. The van der Waals surface area contributed by atoms with E-state index in [0.29, 0.717) is 16.2 Å². The normalized spacial score (nSPS) is 20.6. The van der Waals surface area contributed by atoms with Crippen LogP contribution in [0, 0.1) is 0 Å². The molecule has 2 aliphatic rings. The van der Waals surface area contributed by atoms with Gasteiger partial charge in [0.2, 0.25) is 10.0 Å². The predicted molar refractivity (Wildman–Crippen MR) is 117 cm³/mol. The van der Waals surface area contributed by atoms with Crippen LogP contribution < -0.4 is 5.32 Å². The summed E-state index contributed by atoms with van der Waals surface area (Å²) in [4.78, 5) is 7.22. The second-order valence-corrected chi connectivity index (χ2v) is 11.6. The lowest BCUT2D eigenvalue weighted by atomic mass is 9.87. The summed E-state index contributed by atoms with van der Waals surface area (Å²) in [5.41, 5.74) is 1.04. The number of nitrogens with one attached hydrogen (secondary N) is 1. The van der Waals surface area contributed by atoms with Gasteiger partial charge in [-0.25, -0.2) is 12.7 Å². The predicted octanol–water partition coefficient (Wildman–Crippen LogP) is 2.76. The minimum atomic E-state index is -3.38. The molecule has 1 aliphatic carbocycles. The molecule has 1 N–H and O–H groups in total. The quantitative estimate of drug-likeness (QED) is 0.595. The van der Waals surface area contributed by atoms with Crippen molar-refractivity contribution in [3.63, 3.8) is 0 Å². The monoisotopic (exact) mass is 424 g/mol. The van der Waals surface area contributed by atoms with Crippen LogP contribution in [0.1, 0.15) is 37.7 Å². The molecular weight excluding hydrogens is 392 g/mol. The fourth-order valence-corrected chi connectivity index (χ4v) is 6.50. The van der Waals surface area contributed by atoms with Crippen LogP contribution in [0.2, 0.25) is 0 Å². The molecule has 6 nitrogen and oxygen atoms in total. The van der Waals surface area contributed by atoms with E-state index < -0.39 is 10.0 Å². The SMILES string of the molecule is CN=C(NCc1ccc(S(=O)(=O)N(C)C)cc1)N1CCSC2(CCCCC2)C1. The molecule has 1 saturated carbocycles. The van der Waals surface area contributed by atoms with Gasteiger partial charge in [0.05, 0.1) is 4.90 Å². The second-order valence-electron chi connectivity index (χ2n) is 7.85. The van der Waals surface area contributed by atoms with Crippen molar-refractivity contribution in [2.75, 3.05) is 40.0 Å². The lowest BCUT2D eigenvalue weighted by Crippen LogP contribution is -2.53. The van der Waals surface area contributed by atoms with Crippen molar-refractivity contribution in [1.82, 2.24) is 14.5 Å². The van der Waals surface area contributed by atoms with Crippen molar-refractivity contribution >= 4 is 27.7 Å². The summed E-state index contributed by atoms with van der Waals surface area (Å²) in [6.07, 6.45) is 6.68. The Balaban J connectivity index is 1.61. The molecule has 0 aromatic heterocycles. The fraction of sp³-hybridized carbons (Fsp3) is 0.650. The molecule has 1 spiro atoms. The van der Waals surface area contributed by atoms with Gasteiger partial charge < -0.3 is 10.2 Å². The minimum absolute atomic E-state index is 0.318. The molecule has 1 aliphatic heterocycles. The van der Waals surface area contributed by atoms with Gasteiger partial charge in [0.25, 0.3) is 0 Å². The van der Waals surface area contributed by atoms with E-state index in [1.54, 1.807) is 26.2 Å². The Labute approximate surface area is 173 Å². The smallest absolute Gasteiger partial charge is 0.242 e. The number of sulfonamides is 1. The molecule has 1 aromatic carbocycles. The van der Waals surface area contributed by atoms with Gasteiger partial charge in [-0.2, -0.15) is 11.8 Å². The third kappa shape index (κ3) is 4.83. The number of rotatable bonds is 4. The maximum Gasteiger partial charge on any atom is 0.242 e. The summed E-state index contributed by atoms with van der Waals surface area (Å²) in [5.74, 6) is 2.09. The van der Waals surface area contributed by atoms with E-state index in [1.165, 1.54) is 36.4 Å². The highest BCUT2D eigenvalue weighted by atomic mass is 32.2. The number of benzene rings is 1. The number of nitrogens with zero attached hydrogens (tertiary/aromatic N) is 3. The minimum Gasteiger partial charge on any atom is -0.352 e. The molecule has 0 unspecified atom stereocenters. The third-order valence-electron chi connectivity index (χ3n) is 5.68. The van der Waals surface area contributed by atoms with E-state index in [0.717, 1.165) is 30.4 Å². The van der Waals surface area contributed by atoms with Crippen LogP contribution in [-0.2, 0) is 16.6 Å². The van der Waals surface area contributed by atoms with Crippen LogP contribution in [0.5, 0.6) is 0 Å². The summed E-state index contributed by atoms with van der Waals surface area (Å²) in [6.45, 7) is 2.72. The van der Waals surface area contributed by atoms with Crippen molar-refractivity contribution in [2.45, 2.75) is 48.3 Å². The summed E-state index contributed by atoms with van der Waals surface area (Å²) >= 11 is 2.15. The summed E-state index contributed by atoms with van der Waals surface area (Å²) in [7, 11) is 1.55. The largest absolute Gasteiger partial charge is 0.352 e. The first-order valence-electron chi connectivity index (χ1n) is 9.97. The molecule has 3 rings (SSSR count). The maximum atomic E-state index is 12.2. The first-order chi connectivity index (χ1) is 13.4. The van der Waals surface area contributed by atoms with E-state index in [4.69, 9.17) is 0 Å². The van der Waals surface area contributed by atoms with Gasteiger partial charge in [-0.3, -0.25) is 4.99 Å². The third-order valence-corrected chi connectivity index (χ3v) is 9.04. The zero-order valence-electron chi connectivity index (χ0n) is 17.1. The number of hydrogen-bond donors (Lipinski definition) is 1. The van der Waals surface area contributed by atoms with E-state index in [9.17, 15) is 8.42 Å². The molecule has 0 radical (unpaired) electrons. The van der Waals surface area contributed by atoms with E-state index in [-0.39, 0.29) is 0 Å². The molecule has 0 atom stereocenters. The topological polar surface area (TPSA) is 65.0 Å². The van der Waals surface area contributed by atoms with Crippen molar-refractivity contribution in [3.05, 3.63) is 29.8 Å². The summed E-state index contributed by atoms with van der Waals surface area (Å²) < 4.78 is 26.0. The molecular formula is C20H32N4O2S2. The van der Waals surface area contributed by atoms with Crippen molar-refractivity contribution in [2.24, 2.45) is 4.99 Å². The molecule has 156 valence electrons. The molecule has 28 heavy (non-hydrogen) atoms. The standard InChI is InChI=1S/C20H32N4O2S2/c1-21-19(24-13-14-27-20(16-24)11-5-4-6-12-20)22-15-17-7-9-18(10-8-17)28(25,26)23(2)3/h7-10H,4-6,11-16H2,1-3H3,(H,21,22). The molecule has 0 amide bonds. The molecule has 1 saturated heterocycles. The van der Waals surface area contributed by atoms with Crippen LogP contribution in [0.4, 0.5) is 0 Å². The van der Waals surface area contributed by atoms with Crippen molar-refractivity contribution in [3.8, 4) is 0 Å². The average Bonchev–Trinajstić information content (AvgIpc) is 2.69. The van der Waals surface area contributed by atoms with Gasteiger partial charge in [-0.15, -0.1) is 0 Å². The van der Waals surface area contributed by atoms with Gasteiger partial charge in [0.15, 0.2) is 5.96 Å². The average molecular weight is 425 g/mol. The van der Waals surface area contributed by atoms with Gasteiger partial charge >= 0.3 is 0 Å². The Morgan fingerprint density at radius 2 is 1.89 bits per heavy atom. The maximum absolute atomic E-state index is 12.2. The summed E-state index contributed by atoms with van der Waals surface area (Å²) in [5, 5.41) is 3.47. The number of hydrogen-bond acceptors (Lipinski definition) is 4. The first-order valence-corrected chi connectivity index (χ1v) is 12.4. The molecule has 1 aromatic rings. The Morgan fingerprint density at radius 3 is 2.50 bits per heavy atom. The zero-order valence-corrected chi connectivity index (χ0v) is 18.8.